The van der Waals surface area contributed by atoms with Crippen LogP contribution in [0.25, 0.3) is 0 Å². The maximum Gasteiger partial charge on any atom is 0.0550 e. The van der Waals surface area contributed by atoms with Crippen LogP contribution >= 0.6 is 12.6 Å². The first-order valence-electron chi connectivity index (χ1n) is 3.44. The molecule has 60 valence electrons. The van der Waals surface area contributed by atoms with E-state index in [0.29, 0.717) is 11.4 Å². The highest BCUT2D eigenvalue weighted by atomic mass is 32.1. The van der Waals surface area contributed by atoms with Crippen molar-refractivity contribution in [3.05, 3.63) is 23.8 Å². The van der Waals surface area contributed by atoms with E-state index in [9.17, 15) is 0 Å². The number of thiol groups is 1. The van der Waals surface area contributed by atoms with Crippen LogP contribution in [0.3, 0.4) is 0 Å². The Balaban J connectivity index is 3.05. The topological polar surface area (TPSA) is 52.0 Å². The van der Waals surface area contributed by atoms with Gasteiger partial charge in [-0.1, -0.05) is 6.07 Å². The fourth-order valence-electron chi connectivity index (χ4n) is 0.853. The van der Waals surface area contributed by atoms with Gasteiger partial charge in [0.1, 0.15) is 0 Å². The van der Waals surface area contributed by atoms with E-state index in [-0.39, 0.29) is 5.25 Å². The van der Waals surface area contributed by atoms with Crippen LogP contribution < -0.4 is 11.5 Å². The molecule has 1 unspecified atom stereocenters. The molecule has 0 aliphatic carbocycles. The van der Waals surface area contributed by atoms with Crippen molar-refractivity contribution in [3.8, 4) is 0 Å². The van der Waals surface area contributed by atoms with Gasteiger partial charge in [0.25, 0.3) is 0 Å². The van der Waals surface area contributed by atoms with Gasteiger partial charge >= 0.3 is 0 Å². The van der Waals surface area contributed by atoms with Crippen LogP contribution in [0.2, 0.25) is 0 Å². The third-order valence-electron chi connectivity index (χ3n) is 1.59. The highest BCUT2D eigenvalue weighted by molar-refractivity contribution is 7.80. The summed E-state index contributed by atoms with van der Waals surface area (Å²) in [4.78, 5) is 0. The molecule has 1 rings (SSSR count). The van der Waals surface area contributed by atoms with Crippen molar-refractivity contribution in [1.29, 1.82) is 0 Å². The summed E-state index contributed by atoms with van der Waals surface area (Å²) in [5.74, 6) is 0. The summed E-state index contributed by atoms with van der Waals surface area (Å²) >= 11 is 4.27. The van der Waals surface area contributed by atoms with Gasteiger partial charge in [-0.25, -0.2) is 0 Å². The van der Waals surface area contributed by atoms with Gasteiger partial charge in [-0.2, -0.15) is 12.6 Å². The highest BCUT2D eigenvalue weighted by Gasteiger charge is 2.00. The zero-order valence-electron chi connectivity index (χ0n) is 6.41. The Bertz CT molecular complexity index is 258. The summed E-state index contributed by atoms with van der Waals surface area (Å²) in [5, 5.41) is 0.206. The van der Waals surface area contributed by atoms with E-state index in [1.165, 1.54) is 0 Å². The lowest BCUT2D eigenvalue weighted by Crippen LogP contribution is -1.95. The van der Waals surface area contributed by atoms with Crippen molar-refractivity contribution in [2.24, 2.45) is 0 Å². The predicted molar refractivity (Wildman–Crippen MR) is 52.7 cm³/mol. The molecule has 0 heterocycles. The normalized spacial score (nSPS) is 12.9. The summed E-state index contributed by atoms with van der Waals surface area (Å²) in [6.45, 7) is 1.99. The lowest BCUT2D eigenvalue weighted by atomic mass is 10.1. The average molecular weight is 168 g/mol. The second kappa shape index (κ2) is 3.05. The smallest absolute Gasteiger partial charge is 0.0550 e. The summed E-state index contributed by atoms with van der Waals surface area (Å²) in [7, 11) is 0. The van der Waals surface area contributed by atoms with E-state index >= 15 is 0 Å². The quantitative estimate of drug-likeness (QED) is 0.442. The van der Waals surface area contributed by atoms with E-state index in [2.05, 4.69) is 12.6 Å². The molecular formula is C8H12N2S. The number of anilines is 2. The first-order chi connectivity index (χ1) is 5.11. The Morgan fingerprint density at radius 3 is 2.36 bits per heavy atom. The van der Waals surface area contributed by atoms with Crippen molar-refractivity contribution in [2.75, 3.05) is 11.5 Å². The van der Waals surface area contributed by atoms with Crippen LogP contribution in [0.4, 0.5) is 11.4 Å². The van der Waals surface area contributed by atoms with Gasteiger partial charge in [0.05, 0.1) is 11.4 Å². The summed E-state index contributed by atoms with van der Waals surface area (Å²) in [6.07, 6.45) is 0. The molecule has 0 radical (unpaired) electrons. The van der Waals surface area contributed by atoms with Crippen molar-refractivity contribution >= 4 is 24.0 Å². The second-order valence-corrected chi connectivity index (χ2v) is 3.34. The minimum absolute atomic E-state index is 0.206. The maximum absolute atomic E-state index is 5.60. The summed E-state index contributed by atoms with van der Waals surface area (Å²) < 4.78 is 0. The number of nitrogen functional groups attached to an aromatic ring is 2. The first-order valence-corrected chi connectivity index (χ1v) is 3.96. The molecule has 1 aromatic carbocycles. The first kappa shape index (κ1) is 8.27. The lowest BCUT2D eigenvalue weighted by molar-refractivity contribution is 1.11. The summed E-state index contributed by atoms with van der Waals surface area (Å²) in [5.41, 5.74) is 13.5. The SMILES string of the molecule is CC(S)c1ccc(N)c(N)c1. The summed E-state index contributed by atoms with van der Waals surface area (Å²) in [6, 6.07) is 5.59. The fraction of sp³-hybridized carbons (Fsp3) is 0.250. The van der Waals surface area contributed by atoms with Gasteiger partial charge in [-0.05, 0) is 24.6 Å². The Morgan fingerprint density at radius 2 is 1.91 bits per heavy atom. The zero-order valence-corrected chi connectivity index (χ0v) is 7.31. The zero-order chi connectivity index (χ0) is 8.43. The molecule has 11 heavy (non-hydrogen) atoms. The molecule has 0 spiro atoms. The minimum atomic E-state index is 0.206. The molecule has 2 nitrogen and oxygen atoms in total. The predicted octanol–water partition coefficient (Wildman–Crippen LogP) is 1.84. The molecule has 0 aliphatic rings. The van der Waals surface area contributed by atoms with E-state index in [4.69, 9.17) is 11.5 Å². The molecule has 0 amide bonds. The van der Waals surface area contributed by atoms with E-state index in [0.717, 1.165) is 5.56 Å². The highest BCUT2D eigenvalue weighted by Crippen LogP contribution is 2.24. The van der Waals surface area contributed by atoms with Crippen LogP contribution in [-0.2, 0) is 0 Å². The molecule has 0 fully saturated rings. The largest absolute Gasteiger partial charge is 0.397 e. The van der Waals surface area contributed by atoms with Crippen LogP contribution in [0.1, 0.15) is 17.7 Å². The Kier molecular flexibility index (Phi) is 2.29. The van der Waals surface area contributed by atoms with E-state index in [1.807, 2.05) is 19.1 Å². The number of hydrogen-bond acceptors (Lipinski definition) is 3. The molecule has 1 atom stereocenters. The average Bonchev–Trinajstić information content (AvgIpc) is 1.94. The Labute approximate surface area is 72.0 Å². The van der Waals surface area contributed by atoms with Crippen molar-refractivity contribution in [2.45, 2.75) is 12.2 Å². The molecule has 0 saturated carbocycles. The van der Waals surface area contributed by atoms with E-state index < -0.39 is 0 Å². The number of rotatable bonds is 1. The molecule has 4 N–H and O–H groups in total. The Hall–Kier alpha value is -0.830. The molecule has 0 aromatic heterocycles. The standard InChI is InChI=1S/C8H12N2S/c1-5(11)6-2-3-7(9)8(10)4-6/h2-5,11H,9-10H2,1H3. The number of benzene rings is 1. The van der Waals surface area contributed by atoms with Gasteiger partial charge in [-0.3, -0.25) is 0 Å². The molecule has 1 aromatic rings. The van der Waals surface area contributed by atoms with Crippen LogP contribution in [0.5, 0.6) is 0 Å². The second-order valence-electron chi connectivity index (χ2n) is 2.56. The third kappa shape index (κ3) is 1.80. The minimum Gasteiger partial charge on any atom is -0.397 e. The van der Waals surface area contributed by atoms with Gasteiger partial charge in [0.15, 0.2) is 0 Å². The number of hydrogen-bond donors (Lipinski definition) is 3. The van der Waals surface area contributed by atoms with Crippen LogP contribution in [0, 0.1) is 0 Å². The molecule has 0 bridgehead atoms. The van der Waals surface area contributed by atoms with Crippen LogP contribution in [-0.4, -0.2) is 0 Å². The van der Waals surface area contributed by atoms with Gasteiger partial charge in [-0.15, -0.1) is 0 Å². The molecule has 3 heteroatoms. The van der Waals surface area contributed by atoms with Gasteiger partial charge in [0, 0.05) is 5.25 Å². The fourth-order valence-corrected chi connectivity index (χ4v) is 1.01. The Morgan fingerprint density at radius 1 is 1.27 bits per heavy atom. The lowest BCUT2D eigenvalue weighted by Gasteiger charge is -2.06. The van der Waals surface area contributed by atoms with E-state index in [1.54, 1.807) is 6.07 Å². The molecule has 0 saturated heterocycles. The van der Waals surface area contributed by atoms with Crippen molar-refractivity contribution in [1.82, 2.24) is 0 Å². The number of nitrogens with two attached hydrogens (primary N) is 2. The van der Waals surface area contributed by atoms with Gasteiger partial charge in [0.2, 0.25) is 0 Å². The third-order valence-corrected chi connectivity index (χ3v) is 1.89. The van der Waals surface area contributed by atoms with Crippen molar-refractivity contribution in [3.63, 3.8) is 0 Å². The van der Waals surface area contributed by atoms with Crippen molar-refractivity contribution < 1.29 is 0 Å². The monoisotopic (exact) mass is 168 g/mol. The molecule has 0 aliphatic heterocycles. The van der Waals surface area contributed by atoms with Crippen LogP contribution in [0.15, 0.2) is 18.2 Å². The van der Waals surface area contributed by atoms with Gasteiger partial charge < -0.3 is 11.5 Å². The molecular weight excluding hydrogens is 156 g/mol. The maximum atomic E-state index is 5.60.